The van der Waals surface area contributed by atoms with Gasteiger partial charge in [0, 0.05) is 13.2 Å². The molecule has 0 amide bonds. The summed E-state index contributed by atoms with van der Waals surface area (Å²) in [5, 5.41) is 21.7. The van der Waals surface area contributed by atoms with Crippen molar-refractivity contribution in [3.8, 4) is 0 Å². The first-order chi connectivity index (χ1) is 7.74. The Kier molecular flexibility index (Phi) is 6.15. The fraction of sp³-hybridized carbons (Fsp3) is 0.667. The molecule has 3 N–H and O–H groups in total. The number of furan rings is 1. The summed E-state index contributed by atoms with van der Waals surface area (Å²) < 4.78 is 5.08. The summed E-state index contributed by atoms with van der Waals surface area (Å²) in [6.45, 7) is 3.62. The average molecular weight is 227 g/mol. The monoisotopic (exact) mass is 227 g/mol. The molecule has 0 saturated carbocycles. The predicted molar refractivity (Wildman–Crippen MR) is 62.0 cm³/mol. The quantitative estimate of drug-likeness (QED) is 0.586. The normalized spacial score (nSPS) is 14.9. The molecule has 0 aliphatic carbocycles. The van der Waals surface area contributed by atoms with Crippen molar-refractivity contribution in [2.75, 3.05) is 19.7 Å². The Hall–Kier alpha value is -0.840. The molecule has 0 aliphatic rings. The molecule has 0 fully saturated rings. The molecule has 2 atom stereocenters. The van der Waals surface area contributed by atoms with E-state index in [1.165, 1.54) is 0 Å². The summed E-state index contributed by atoms with van der Waals surface area (Å²) in [5.74, 6) is 0.952. The van der Waals surface area contributed by atoms with E-state index in [0.717, 1.165) is 19.4 Å². The van der Waals surface area contributed by atoms with Gasteiger partial charge in [-0.15, -0.1) is 0 Å². The Balaban J connectivity index is 2.03. The van der Waals surface area contributed by atoms with Crippen molar-refractivity contribution in [3.05, 3.63) is 24.2 Å². The number of nitrogens with one attached hydrogen (secondary N) is 1. The van der Waals surface area contributed by atoms with E-state index in [2.05, 4.69) is 5.32 Å². The standard InChI is InChI=1S/C12H21NO3/c1-10(9-14)4-2-6-13-8-11(15)12-5-3-7-16-12/h3,5,7,10-11,13-15H,2,4,6,8-9H2,1H3. The zero-order chi connectivity index (χ0) is 11.8. The average Bonchev–Trinajstić information content (AvgIpc) is 2.81. The smallest absolute Gasteiger partial charge is 0.133 e. The van der Waals surface area contributed by atoms with Crippen LogP contribution in [-0.4, -0.2) is 29.9 Å². The van der Waals surface area contributed by atoms with Crippen LogP contribution in [0.2, 0.25) is 0 Å². The minimum atomic E-state index is -0.578. The molecule has 92 valence electrons. The highest BCUT2D eigenvalue weighted by molar-refractivity contribution is 5.01. The molecule has 16 heavy (non-hydrogen) atoms. The van der Waals surface area contributed by atoms with Gasteiger partial charge in [-0.3, -0.25) is 0 Å². The van der Waals surface area contributed by atoms with E-state index < -0.39 is 6.10 Å². The Bertz CT molecular complexity index is 261. The maximum atomic E-state index is 9.67. The van der Waals surface area contributed by atoms with Crippen molar-refractivity contribution in [2.45, 2.75) is 25.9 Å². The molecule has 1 aromatic heterocycles. The maximum Gasteiger partial charge on any atom is 0.133 e. The fourth-order valence-corrected chi connectivity index (χ4v) is 1.49. The van der Waals surface area contributed by atoms with Crippen LogP contribution in [0, 0.1) is 5.92 Å². The Morgan fingerprint density at radius 3 is 2.94 bits per heavy atom. The van der Waals surface area contributed by atoms with Crippen LogP contribution < -0.4 is 5.32 Å². The molecule has 0 aliphatic heterocycles. The van der Waals surface area contributed by atoms with Gasteiger partial charge in [0.05, 0.1) is 6.26 Å². The zero-order valence-corrected chi connectivity index (χ0v) is 9.72. The van der Waals surface area contributed by atoms with Gasteiger partial charge in [-0.1, -0.05) is 6.92 Å². The van der Waals surface area contributed by atoms with Gasteiger partial charge in [-0.25, -0.2) is 0 Å². The van der Waals surface area contributed by atoms with Gasteiger partial charge < -0.3 is 19.9 Å². The maximum absolute atomic E-state index is 9.67. The first kappa shape index (κ1) is 13.2. The highest BCUT2D eigenvalue weighted by atomic mass is 16.4. The summed E-state index contributed by atoms with van der Waals surface area (Å²) in [6.07, 6.45) is 2.99. The van der Waals surface area contributed by atoms with E-state index in [4.69, 9.17) is 9.52 Å². The van der Waals surface area contributed by atoms with Gasteiger partial charge in [0.1, 0.15) is 11.9 Å². The van der Waals surface area contributed by atoms with E-state index in [-0.39, 0.29) is 6.61 Å². The lowest BCUT2D eigenvalue weighted by Crippen LogP contribution is -2.22. The number of rotatable bonds is 8. The Morgan fingerprint density at radius 1 is 1.50 bits per heavy atom. The van der Waals surface area contributed by atoms with Crippen molar-refractivity contribution < 1.29 is 14.6 Å². The number of aliphatic hydroxyl groups excluding tert-OH is 2. The molecular formula is C12H21NO3. The third-order valence-electron chi connectivity index (χ3n) is 2.57. The molecule has 4 heteroatoms. The topological polar surface area (TPSA) is 65.6 Å². The second-order valence-electron chi connectivity index (χ2n) is 4.17. The summed E-state index contributed by atoms with van der Waals surface area (Å²) in [6, 6.07) is 3.53. The first-order valence-corrected chi connectivity index (χ1v) is 5.77. The lowest BCUT2D eigenvalue weighted by molar-refractivity contribution is 0.147. The van der Waals surface area contributed by atoms with Gasteiger partial charge in [0.15, 0.2) is 0 Å². The predicted octanol–water partition coefficient (Wildman–Crippen LogP) is 1.31. The molecule has 0 radical (unpaired) electrons. The summed E-state index contributed by atoms with van der Waals surface area (Å²) in [7, 11) is 0. The van der Waals surface area contributed by atoms with Gasteiger partial charge in [0.25, 0.3) is 0 Å². The SMILES string of the molecule is CC(CO)CCCNCC(O)c1ccco1. The van der Waals surface area contributed by atoms with E-state index in [9.17, 15) is 5.11 Å². The van der Waals surface area contributed by atoms with Gasteiger partial charge in [0.2, 0.25) is 0 Å². The minimum Gasteiger partial charge on any atom is -0.467 e. The second-order valence-corrected chi connectivity index (χ2v) is 4.17. The van der Waals surface area contributed by atoms with Crippen LogP contribution in [-0.2, 0) is 0 Å². The fourth-order valence-electron chi connectivity index (χ4n) is 1.49. The van der Waals surface area contributed by atoms with E-state index >= 15 is 0 Å². The molecule has 1 rings (SSSR count). The van der Waals surface area contributed by atoms with Gasteiger partial charge in [-0.2, -0.15) is 0 Å². The zero-order valence-electron chi connectivity index (χ0n) is 9.72. The van der Waals surface area contributed by atoms with Crippen LogP contribution in [0.1, 0.15) is 31.6 Å². The van der Waals surface area contributed by atoms with E-state index in [1.807, 2.05) is 6.92 Å². The molecule has 0 spiro atoms. The van der Waals surface area contributed by atoms with Crippen molar-refractivity contribution in [1.82, 2.24) is 5.32 Å². The van der Waals surface area contributed by atoms with Crippen molar-refractivity contribution in [1.29, 1.82) is 0 Å². The summed E-state index contributed by atoms with van der Waals surface area (Å²) in [4.78, 5) is 0. The first-order valence-electron chi connectivity index (χ1n) is 5.77. The third-order valence-corrected chi connectivity index (χ3v) is 2.57. The Morgan fingerprint density at radius 2 is 2.31 bits per heavy atom. The number of aliphatic hydroxyl groups is 2. The van der Waals surface area contributed by atoms with Gasteiger partial charge >= 0.3 is 0 Å². The molecule has 0 bridgehead atoms. The van der Waals surface area contributed by atoms with Crippen molar-refractivity contribution in [2.24, 2.45) is 5.92 Å². The molecular weight excluding hydrogens is 206 g/mol. The van der Waals surface area contributed by atoms with E-state index in [1.54, 1.807) is 18.4 Å². The molecule has 4 nitrogen and oxygen atoms in total. The molecule has 0 aromatic carbocycles. The number of hydrogen-bond acceptors (Lipinski definition) is 4. The molecule has 2 unspecified atom stereocenters. The minimum absolute atomic E-state index is 0.245. The van der Waals surface area contributed by atoms with Crippen molar-refractivity contribution in [3.63, 3.8) is 0 Å². The van der Waals surface area contributed by atoms with E-state index in [0.29, 0.717) is 18.2 Å². The number of hydrogen-bond donors (Lipinski definition) is 3. The van der Waals surface area contributed by atoms with Crippen LogP contribution >= 0.6 is 0 Å². The summed E-state index contributed by atoms with van der Waals surface area (Å²) in [5.41, 5.74) is 0. The van der Waals surface area contributed by atoms with Crippen LogP contribution in [0.4, 0.5) is 0 Å². The lowest BCUT2D eigenvalue weighted by atomic mass is 10.1. The third kappa shape index (κ3) is 4.79. The largest absolute Gasteiger partial charge is 0.467 e. The van der Waals surface area contributed by atoms with Crippen LogP contribution in [0.3, 0.4) is 0 Å². The second kappa shape index (κ2) is 7.44. The molecule has 1 aromatic rings. The molecule has 1 heterocycles. The van der Waals surface area contributed by atoms with Crippen LogP contribution in [0.5, 0.6) is 0 Å². The van der Waals surface area contributed by atoms with Crippen LogP contribution in [0.15, 0.2) is 22.8 Å². The van der Waals surface area contributed by atoms with Crippen LogP contribution in [0.25, 0.3) is 0 Å². The molecule has 0 saturated heterocycles. The highest BCUT2D eigenvalue weighted by Gasteiger charge is 2.09. The summed E-state index contributed by atoms with van der Waals surface area (Å²) >= 11 is 0. The Labute approximate surface area is 96.3 Å². The van der Waals surface area contributed by atoms with Gasteiger partial charge in [-0.05, 0) is 37.4 Å². The highest BCUT2D eigenvalue weighted by Crippen LogP contribution is 2.11. The lowest BCUT2D eigenvalue weighted by Gasteiger charge is -2.10. The van der Waals surface area contributed by atoms with Crippen molar-refractivity contribution >= 4 is 0 Å².